The third-order valence-corrected chi connectivity index (χ3v) is 5.20. The van der Waals surface area contributed by atoms with Crippen LogP contribution in [0, 0.1) is 17.3 Å². The Kier molecular flexibility index (Phi) is 4.06. The molecule has 2 atom stereocenters. The number of nitrogens with zero attached hydrogens (tertiary/aromatic N) is 1. The molecule has 2 aliphatic rings. The minimum Gasteiger partial charge on any atom is -0.362 e. The minimum atomic E-state index is 0.378. The van der Waals surface area contributed by atoms with Gasteiger partial charge in [-0.1, -0.05) is 39.5 Å². The molecule has 17 heavy (non-hydrogen) atoms. The summed E-state index contributed by atoms with van der Waals surface area (Å²) >= 11 is 1.91. The topological polar surface area (TPSA) is 24.4 Å². The normalized spacial score (nSPS) is 37.4. The molecular formula is C14H26N2S. The van der Waals surface area contributed by atoms with Crippen LogP contribution in [0.3, 0.4) is 0 Å². The maximum Gasteiger partial charge on any atom is 0.156 e. The van der Waals surface area contributed by atoms with E-state index in [1.54, 1.807) is 0 Å². The zero-order chi connectivity index (χ0) is 12.5. The van der Waals surface area contributed by atoms with E-state index >= 15 is 0 Å². The molecule has 98 valence electrons. The van der Waals surface area contributed by atoms with E-state index in [4.69, 9.17) is 4.99 Å². The molecule has 0 saturated heterocycles. The lowest BCUT2D eigenvalue weighted by molar-refractivity contribution is 0.256. The first-order valence-corrected chi connectivity index (χ1v) is 7.87. The van der Waals surface area contributed by atoms with Crippen molar-refractivity contribution in [1.29, 1.82) is 0 Å². The largest absolute Gasteiger partial charge is 0.362 e. The van der Waals surface area contributed by atoms with Crippen molar-refractivity contribution >= 4 is 16.9 Å². The van der Waals surface area contributed by atoms with Crippen molar-refractivity contribution < 1.29 is 0 Å². The second-order valence-electron chi connectivity index (χ2n) is 6.83. The zero-order valence-electron chi connectivity index (χ0n) is 11.6. The summed E-state index contributed by atoms with van der Waals surface area (Å²) in [6.45, 7) is 10.3. The minimum absolute atomic E-state index is 0.378. The standard InChI is InChI=1S/C14H26N2S/c1-10-5-11(2)7-12(6-10)16-13-15-8-14(3,4)9-17-13/h10-12H,5-9H2,1-4H3,(H,15,16). The van der Waals surface area contributed by atoms with Crippen LogP contribution >= 0.6 is 11.8 Å². The third-order valence-electron chi connectivity index (χ3n) is 3.76. The van der Waals surface area contributed by atoms with Crippen molar-refractivity contribution in [2.24, 2.45) is 22.2 Å². The first-order chi connectivity index (χ1) is 7.94. The molecule has 0 amide bonds. The molecule has 1 heterocycles. The number of nitrogens with one attached hydrogen (secondary N) is 1. The van der Waals surface area contributed by atoms with Crippen molar-refractivity contribution in [3.8, 4) is 0 Å². The van der Waals surface area contributed by atoms with Gasteiger partial charge >= 0.3 is 0 Å². The zero-order valence-corrected chi connectivity index (χ0v) is 12.4. The maximum absolute atomic E-state index is 4.69. The van der Waals surface area contributed by atoms with E-state index in [0.29, 0.717) is 11.5 Å². The van der Waals surface area contributed by atoms with Gasteiger partial charge in [0.25, 0.3) is 0 Å². The van der Waals surface area contributed by atoms with E-state index in [1.807, 2.05) is 11.8 Å². The molecule has 1 fully saturated rings. The van der Waals surface area contributed by atoms with Gasteiger partial charge in [-0.05, 0) is 36.5 Å². The van der Waals surface area contributed by atoms with E-state index < -0.39 is 0 Å². The average Bonchev–Trinajstić information content (AvgIpc) is 2.20. The average molecular weight is 254 g/mol. The lowest BCUT2D eigenvalue weighted by Crippen LogP contribution is -2.41. The number of aliphatic imine (C=N–C) groups is 1. The molecule has 2 nitrogen and oxygen atoms in total. The highest BCUT2D eigenvalue weighted by Gasteiger charge is 2.27. The molecule has 0 bridgehead atoms. The van der Waals surface area contributed by atoms with E-state index in [1.165, 1.54) is 30.2 Å². The lowest BCUT2D eigenvalue weighted by Gasteiger charge is -2.34. The molecular weight excluding hydrogens is 228 g/mol. The van der Waals surface area contributed by atoms with Crippen molar-refractivity contribution in [3.05, 3.63) is 0 Å². The van der Waals surface area contributed by atoms with Gasteiger partial charge in [0.1, 0.15) is 0 Å². The summed E-state index contributed by atoms with van der Waals surface area (Å²) in [5, 5.41) is 4.86. The van der Waals surface area contributed by atoms with Gasteiger partial charge in [-0.25, -0.2) is 0 Å². The van der Waals surface area contributed by atoms with E-state index in [9.17, 15) is 0 Å². The summed E-state index contributed by atoms with van der Waals surface area (Å²) < 4.78 is 0. The van der Waals surface area contributed by atoms with E-state index in [0.717, 1.165) is 18.4 Å². The highest BCUT2D eigenvalue weighted by molar-refractivity contribution is 8.13. The van der Waals surface area contributed by atoms with Gasteiger partial charge in [-0.15, -0.1) is 0 Å². The molecule has 0 spiro atoms. The van der Waals surface area contributed by atoms with Gasteiger partial charge in [0, 0.05) is 18.3 Å². The number of amidine groups is 1. The van der Waals surface area contributed by atoms with Crippen LogP contribution in [0.25, 0.3) is 0 Å². The van der Waals surface area contributed by atoms with Gasteiger partial charge in [-0.2, -0.15) is 0 Å². The highest BCUT2D eigenvalue weighted by Crippen LogP contribution is 2.31. The van der Waals surface area contributed by atoms with Crippen molar-refractivity contribution in [2.75, 3.05) is 12.3 Å². The van der Waals surface area contributed by atoms with Crippen LogP contribution in [0.1, 0.15) is 47.0 Å². The number of hydrogen-bond acceptors (Lipinski definition) is 3. The number of hydrogen-bond donors (Lipinski definition) is 1. The molecule has 1 N–H and O–H groups in total. The summed E-state index contributed by atoms with van der Waals surface area (Å²) in [5.41, 5.74) is 0.378. The fourth-order valence-corrected chi connectivity index (χ4v) is 3.99. The summed E-state index contributed by atoms with van der Waals surface area (Å²) in [5.74, 6) is 2.92. The monoisotopic (exact) mass is 254 g/mol. The molecule has 0 radical (unpaired) electrons. The van der Waals surface area contributed by atoms with Crippen LogP contribution in [0.2, 0.25) is 0 Å². The van der Waals surface area contributed by atoms with Crippen LogP contribution < -0.4 is 5.32 Å². The van der Waals surface area contributed by atoms with Gasteiger partial charge in [0.2, 0.25) is 0 Å². The molecule has 1 saturated carbocycles. The van der Waals surface area contributed by atoms with Gasteiger partial charge in [0.05, 0.1) is 0 Å². The highest BCUT2D eigenvalue weighted by atomic mass is 32.2. The second-order valence-corrected chi connectivity index (χ2v) is 7.80. The molecule has 2 unspecified atom stereocenters. The van der Waals surface area contributed by atoms with E-state index in [-0.39, 0.29) is 0 Å². The third kappa shape index (κ3) is 3.90. The predicted molar refractivity (Wildman–Crippen MR) is 77.6 cm³/mol. The van der Waals surface area contributed by atoms with Crippen LogP contribution in [-0.2, 0) is 0 Å². The van der Waals surface area contributed by atoms with Crippen LogP contribution in [-0.4, -0.2) is 23.5 Å². The molecule has 0 aromatic heterocycles. The van der Waals surface area contributed by atoms with Gasteiger partial charge in [0.15, 0.2) is 5.17 Å². The quantitative estimate of drug-likeness (QED) is 0.774. The first kappa shape index (κ1) is 13.3. The fourth-order valence-electron chi connectivity index (χ4n) is 2.97. The predicted octanol–water partition coefficient (Wildman–Crippen LogP) is 3.53. The summed E-state index contributed by atoms with van der Waals surface area (Å²) in [4.78, 5) is 4.69. The Hall–Kier alpha value is -0.180. The van der Waals surface area contributed by atoms with Crippen molar-refractivity contribution in [3.63, 3.8) is 0 Å². The Morgan fingerprint density at radius 1 is 1.18 bits per heavy atom. The molecule has 1 aliphatic carbocycles. The molecule has 0 aromatic rings. The Labute approximate surface area is 110 Å². The summed E-state index contributed by atoms with van der Waals surface area (Å²) in [7, 11) is 0. The Morgan fingerprint density at radius 2 is 1.82 bits per heavy atom. The SMILES string of the molecule is CC1CC(C)CC(NC2=NCC(C)(C)CS2)C1. The Morgan fingerprint density at radius 3 is 2.35 bits per heavy atom. The second kappa shape index (κ2) is 5.21. The Balaban J connectivity index is 1.87. The fraction of sp³-hybridized carbons (Fsp3) is 0.929. The van der Waals surface area contributed by atoms with Gasteiger partial charge in [-0.3, -0.25) is 4.99 Å². The lowest BCUT2D eigenvalue weighted by atomic mass is 9.80. The number of thioether (sulfide) groups is 1. The summed E-state index contributed by atoms with van der Waals surface area (Å²) in [6, 6.07) is 0.654. The molecule has 0 aromatic carbocycles. The Bertz CT molecular complexity index is 289. The van der Waals surface area contributed by atoms with Crippen LogP contribution in [0.4, 0.5) is 0 Å². The number of rotatable bonds is 1. The van der Waals surface area contributed by atoms with Gasteiger partial charge < -0.3 is 5.32 Å². The first-order valence-electron chi connectivity index (χ1n) is 6.88. The maximum atomic E-state index is 4.69. The molecule has 2 rings (SSSR count). The summed E-state index contributed by atoms with van der Waals surface area (Å²) in [6.07, 6.45) is 4.02. The van der Waals surface area contributed by atoms with E-state index in [2.05, 4.69) is 33.0 Å². The molecule has 1 aliphatic heterocycles. The molecule has 3 heteroatoms. The smallest absolute Gasteiger partial charge is 0.156 e. The van der Waals surface area contributed by atoms with Crippen molar-refractivity contribution in [2.45, 2.75) is 53.0 Å². The van der Waals surface area contributed by atoms with Crippen molar-refractivity contribution in [1.82, 2.24) is 5.32 Å². The van der Waals surface area contributed by atoms with Crippen LogP contribution in [0.15, 0.2) is 4.99 Å². The van der Waals surface area contributed by atoms with Crippen LogP contribution in [0.5, 0.6) is 0 Å².